The Morgan fingerprint density at radius 1 is 0.552 bits per heavy atom. The number of carboxylic acid groups (broad SMARTS) is 1. The van der Waals surface area contributed by atoms with Crippen molar-refractivity contribution >= 4 is 11.9 Å². The quantitative estimate of drug-likeness (QED) is 0.0495. The summed E-state index contributed by atoms with van der Waals surface area (Å²) in [5.41, 5.74) is -5.53. The van der Waals surface area contributed by atoms with Crippen LogP contribution in [0.4, 0.5) is 0 Å². The molecule has 5 saturated heterocycles. The summed E-state index contributed by atoms with van der Waals surface area (Å²) >= 11 is 0. The maximum atomic E-state index is 15.5. The van der Waals surface area contributed by atoms with Crippen molar-refractivity contribution in [2.75, 3.05) is 19.8 Å². The summed E-state index contributed by atoms with van der Waals surface area (Å²) in [7, 11) is 0. The van der Waals surface area contributed by atoms with E-state index in [9.17, 15) is 91.6 Å². The molecule has 1 unspecified atom stereocenters. The fraction of sp³-hybridized carbons (Fsp3) is 0.931. The van der Waals surface area contributed by atoms with Gasteiger partial charge in [0.05, 0.1) is 56.4 Å². The Hall–Kier alpha value is -2.32. The van der Waals surface area contributed by atoms with Gasteiger partial charge in [-0.25, -0.2) is 4.79 Å². The summed E-state index contributed by atoms with van der Waals surface area (Å²) in [5, 5.41) is 190. The first-order chi connectivity index (χ1) is 40.5. The zero-order valence-corrected chi connectivity index (χ0v) is 50.0. The molecule has 29 heteroatoms. The number of carbonyl (C=O) groups excluding carboxylic acids is 1. The number of aliphatic hydroxyl groups is 16. The number of rotatable bonds is 12. The fourth-order valence-corrected chi connectivity index (χ4v) is 17.8. The van der Waals surface area contributed by atoms with E-state index in [4.69, 9.17) is 47.4 Å². The highest BCUT2D eigenvalue weighted by Crippen LogP contribution is 2.76. The standard InChI is InChI=1S/C58H92O29/c1-20-30(65)32(67)36(71)48(80-20)83-41-27(63)18-78-47(39(41)74)82-40-21(2)81-49(38(73)35(40)70)85-43-31(66)26(62)17-79-51(43)87-52(77)58-12-11-53(3,4)13-23(58)22-9-10-28-54(5)14-25(61)45(86-50-37(72)33(68)34(69)42(84-50)46(75)76)55(6,19-59)44(54)24(60)15-57(28,8)56(22,7)16-29(58)64/h9,20-21,23-45,47-51,59-74H,10-19H2,1-8H3,(H,75,76)/t20-,21-,23-,24+,25-,26+,27+,28+,29+,30-,31-,32+,33-,34-,35-,36+,37+,38+,39+,40-,41-,42-,43+,44+,45?,47-,48-,49-,50-,51-,54+,55-,56+,57+,58+/m0/s1. The van der Waals surface area contributed by atoms with Gasteiger partial charge in [0.2, 0.25) is 6.29 Å². The Morgan fingerprint density at radius 2 is 1.13 bits per heavy atom. The lowest BCUT2D eigenvalue weighted by Gasteiger charge is -2.73. The molecule has 35 atom stereocenters. The van der Waals surface area contributed by atoms with Gasteiger partial charge in [0.15, 0.2) is 37.4 Å². The minimum Gasteiger partial charge on any atom is -0.479 e. The Labute approximate surface area is 502 Å². The molecule has 9 fully saturated rings. The van der Waals surface area contributed by atoms with E-state index in [1.54, 1.807) is 6.92 Å². The van der Waals surface area contributed by atoms with Gasteiger partial charge < -0.3 is 134 Å². The van der Waals surface area contributed by atoms with Crippen LogP contribution in [-0.2, 0) is 57.0 Å². The number of carboxylic acids is 1. The van der Waals surface area contributed by atoms with E-state index < -0.39 is 242 Å². The number of aliphatic carboxylic acids is 1. The van der Waals surface area contributed by atoms with Crippen LogP contribution in [0.2, 0.25) is 0 Å². The summed E-state index contributed by atoms with van der Waals surface area (Å²) < 4.78 is 58.4. The summed E-state index contributed by atoms with van der Waals surface area (Å²) in [6.45, 7) is 12.8. The molecule has 0 aromatic carbocycles. The molecule has 0 bridgehead atoms. The van der Waals surface area contributed by atoms with Gasteiger partial charge in [0.1, 0.15) is 90.9 Å². The third-order valence-electron chi connectivity index (χ3n) is 22.6. The molecule has 498 valence electrons. The highest BCUT2D eigenvalue weighted by atomic mass is 16.8. The van der Waals surface area contributed by atoms with Crippen molar-refractivity contribution in [1.82, 2.24) is 0 Å². The van der Waals surface area contributed by atoms with Crippen molar-refractivity contribution in [2.45, 2.75) is 266 Å². The predicted molar refractivity (Wildman–Crippen MR) is 287 cm³/mol. The normalized spacial score (nSPS) is 55.9. The lowest BCUT2D eigenvalue weighted by molar-refractivity contribution is -0.377. The molecule has 17 N–H and O–H groups in total. The molecule has 5 heterocycles. The molecule has 0 radical (unpaired) electrons. The Kier molecular flexibility index (Phi) is 18.8. The van der Waals surface area contributed by atoms with Gasteiger partial charge in [-0.1, -0.05) is 53.2 Å². The topological polar surface area (TPSA) is 470 Å². The Morgan fingerprint density at radius 3 is 1.77 bits per heavy atom. The molecular formula is C58H92O29. The van der Waals surface area contributed by atoms with Crippen LogP contribution in [-0.4, -0.2) is 284 Å². The van der Waals surface area contributed by atoms with Crippen molar-refractivity contribution in [2.24, 2.45) is 50.2 Å². The second kappa shape index (κ2) is 24.2. The van der Waals surface area contributed by atoms with Crippen LogP contribution in [0.5, 0.6) is 0 Å². The number of carbonyl (C=O) groups is 2. The number of aliphatic hydroxyl groups excluding tert-OH is 16. The van der Waals surface area contributed by atoms with Gasteiger partial charge in [-0.2, -0.15) is 0 Å². The third kappa shape index (κ3) is 11.0. The van der Waals surface area contributed by atoms with Gasteiger partial charge in [0, 0.05) is 11.3 Å². The van der Waals surface area contributed by atoms with Crippen LogP contribution in [0.25, 0.3) is 0 Å². The van der Waals surface area contributed by atoms with Crippen LogP contribution < -0.4 is 0 Å². The average Bonchev–Trinajstić information content (AvgIpc) is 0.671. The monoisotopic (exact) mass is 1250 g/mol. The number of ether oxygens (including phenoxy) is 10. The van der Waals surface area contributed by atoms with Crippen LogP contribution >= 0.6 is 0 Å². The molecule has 10 rings (SSSR count). The maximum absolute atomic E-state index is 15.5. The molecule has 87 heavy (non-hydrogen) atoms. The maximum Gasteiger partial charge on any atom is 0.335 e. The molecule has 0 spiro atoms. The second-order valence-electron chi connectivity index (χ2n) is 28.5. The van der Waals surface area contributed by atoms with E-state index in [0.29, 0.717) is 19.3 Å². The molecular weight excluding hydrogens is 1160 g/mol. The van der Waals surface area contributed by atoms with Gasteiger partial charge in [0.25, 0.3) is 0 Å². The predicted octanol–water partition coefficient (Wildman–Crippen LogP) is -4.90. The number of fused-ring (bicyclic) bond motifs is 7. The van der Waals surface area contributed by atoms with E-state index in [0.717, 1.165) is 5.57 Å². The van der Waals surface area contributed by atoms with E-state index in [1.807, 2.05) is 20.8 Å². The summed E-state index contributed by atoms with van der Waals surface area (Å²) in [6, 6.07) is 0. The van der Waals surface area contributed by atoms with Gasteiger partial charge in [-0.3, -0.25) is 4.79 Å². The fourth-order valence-electron chi connectivity index (χ4n) is 17.8. The first-order valence-corrected chi connectivity index (χ1v) is 30.3. The lowest BCUT2D eigenvalue weighted by Crippen LogP contribution is -2.73. The molecule has 0 aromatic heterocycles. The minimum absolute atomic E-state index is 0.0235. The highest BCUT2D eigenvalue weighted by Gasteiger charge is 2.75. The van der Waals surface area contributed by atoms with Crippen molar-refractivity contribution in [3.8, 4) is 0 Å². The van der Waals surface area contributed by atoms with Gasteiger partial charge >= 0.3 is 11.9 Å². The van der Waals surface area contributed by atoms with Crippen LogP contribution in [0, 0.1) is 50.2 Å². The molecule has 5 aliphatic heterocycles. The smallest absolute Gasteiger partial charge is 0.335 e. The molecule has 0 aromatic rings. The lowest BCUT2D eigenvalue weighted by atomic mass is 9.32. The molecule has 0 amide bonds. The molecule has 10 aliphatic rings. The number of allylic oxidation sites excluding steroid dienone is 2. The summed E-state index contributed by atoms with van der Waals surface area (Å²) in [6.07, 6.45) is -41.7. The van der Waals surface area contributed by atoms with Crippen LogP contribution in [0.3, 0.4) is 0 Å². The first-order valence-electron chi connectivity index (χ1n) is 30.3. The summed E-state index contributed by atoms with van der Waals surface area (Å²) in [5.74, 6) is -4.45. The van der Waals surface area contributed by atoms with E-state index in [2.05, 4.69) is 19.9 Å². The highest BCUT2D eigenvalue weighted by molar-refractivity contribution is 5.80. The van der Waals surface area contributed by atoms with E-state index >= 15 is 4.79 Å². The SMILES string of the molecule is C[C@@H]1O[C@@H](O[C@@H]2[C@@H](O)[C@H](O[C@@H]3[C@@H](O)[C@@H](O)[C@H](O[C@H]4[C@H](OC(=O)[C@]56CCC(C)(C)C[C@H]5C5=CC[C@@H]7[C@@]8(C)C[C@H](O)C(O[C@@H]9O[C@H](C(=O)O)[C@@H](O)[C@H](O)[C@H]9O)[C@@](C)(CO)[C@@H]8[C@H](O)C[C@@]7(C)[C@]5(C)C[C@H]6O)OC[C@@H](O)[C@@H]4O)O[C@H]3C)OC[C@H]2O)[C@H](O)[C@H](O)[C@H]1O. The van der Waals surface area contributed by atoms with Gasteiger partial charge in [-0.05, 0) is 92.3 Å². The Balaban J connectivity index is 0.866. The third-order valence-corrected chi connectivity index (χ3v) is 22.6. The molecule has 4 saturated carbocycles. The van der Waals surface area contributed by atoms with Crippen LogP contribution in [0.15, 0.2) is 11.6 Å². The summed E-state index contributed by atoms with van der Waals surface area (Å²) in [4.78, 5) is 27.4. The van der Waals surface area contributed by atoms with Crippen molar-refractivity contribution < 1.29 is 144 Å². The van der Waals surface area contributed by atoms with Gasteiger partial charge in [-0.15, -0.1) is 0 Å². The van der Waals surface area contributed by atoms with Crippen molar-refractivity contribution in [3.05, 3.63) is 11.6 Å². The van der Waals surface area contributed by atoms with Crippen molar-refractivity contribution in [3.63, 3.8) is 0 Å². The van der Waals surface area contributed by atoms with E-state index in [1.165, 1.54) is 13.8 Å². The minimum atomic E-state index is -2.01. The number of hydrogen-bond donors (Lipinski definition) is 17. The van der Waals surface area contributed by atoms with E-state index in [-0.39, 0.29) is 31.6 Å². The number of hydrogen-bond acceptors (Lipinski definition) is 28. The average molecular weight is 1250 g/mol. The first kappa shape index (κ1) is 67.6. The van der Waals surface area contributed by atoms with Crippen LogP contribution in [0.1, 0.15) is 100 Å². The van der Waals surface area contributed by atoms with Crippen molar-refractivity contribution in [1.29, 1.82) is 0 Å². The second-order valence-corrected chi connectivity index (χ2v) is 28.5. The number of esters is 1. The molecule has 29 nitrogen and oxygen atoms in total. The Bertz CT molecular complexity index is 2510. The molecule has 5 aliphatic carbocycles. The zero-order chi connectivity index (χ0) is 63.9. The zero-order valence-electron chi connectivity index (χ0n) is 50.0. The largest absolute Gasteiger partial charge is 0.479 e.